The Morgan fingerprint density at radius 1 is 1.54 bits per heavy atom. The van der Waals surface area contributed by atoms with E-state index >= 15 is 0 Å². The molecule has 0 bridgehead atoms. The molecule has 0 saturated carbocycles. The van der Waals surface area contributed by atoms with E-state index in [0.29, 0.717) is 13.0 Å². The van der Waals surface area contributed by atoms with Gasteiger partial charge in [-0.2, -0.15) is 0 Å². The summed E-state index contributed by atoms with van der Waals surface area (Å²) >= 11 is 0. The third kappa shape index (κ3) is 6.18. The van der Waals surface area contributed by atoms with Crippen LogP contribution in [0.4, 0.5) is 0 Å². The molecule has 2 N–H and O–H groups in total. The molecule has 1 amide bonds. The van der Waals surface area contributed by atoms with Crippen LogP contribution in [-0.4, -0.2) is 25.0 Å². The second-order valence-corrected chi connectivity index (χ2v) is 2.92. The van der Waals surface area contributed by atoms with E-state index in [1.807, 2.05) is 13.8 Å². The Kier molecular flexibility index (Phi) is 7.04. The van der Waals surface area contributed by atoms with E-state index in [1.165, 1.54) is 0 Å². The van der Waals surface area contributed by atoms with Gasteiger partial charge in [-0.3, -0.25) is 4.79 Å². The number of amides is 1. The van der Waals surface area contributed by atoms with Gasteiger partial charge in [-0.1, -0.05) is 6.92 Å². The van der Waals surface area contributed by atoms with Crippen molar-refractivity contribution in [2.24, 2.45) is 0 Å². The first-order chi connectivity index (χ1) is 6.22. The van der Waals surface area contributed by atoms with Gasteiger partial charge in [0.1, 0.15) is 0 Å². The number of rotatable bonds is 6. The van der Waals surface area contributed by atoms with Gasteiger partial charge in [0.15, 0.2) is 0 Å². The highest BCUT2D eigenvalue weighted by atomic mass is 16.2. The van der Waals surface area contributed by atoms with Gasteiger partial charge in [-0.05, 0) is 13.3 Å². The van der Waals surface area contributed by atoms with Crippen LogP contribution >= 0.6 is 0 Å². The van der Waals surface area contributed by atoms with E-state index in [-0.39, 0.29) is 11.9 Å². The molecular formula is C10H18N2O. The lowest BCUT2D eigenvalue weighted by Crippen LogP contribution is -2.42. The second kappa shape index (κ2) is 7.63. The minimum absolute atomic E-state index is 0.0406. The number of nitrogens with one attached hydrogen (secondary N) is 2. The van der Waals surface area contributed by atoms with Crippen molar-refractivity contribution in [3.8, 4) is 12.3 Å². The number of terminal acetylenes is 1. The number of carbonyl (C=O) groups excluding carboxylic acids is 1. The van der Waals surface area contributed by atoms with Crippen LogP contribution < -0.4 is 10.6 Å². The second-order valence-electron chi connectivity index (χ2n) is 2.92. The fourth-order valence-electron chi connectivity index (χ4n) is 0.855. The predicted octanol–water partition coefficient (Wildman–Crippen LogP) is 0.514. The summed E-state index contributed by atoms with van der Waals surface area (Å²) in [6, 6.07) is -0.153. The lowest BCUT2D eigenvalue weighted by Gasteiger charge is -2.12. The molecule has 0 aromatic carbocycles. The Balaban J connectivity index is 3.52. The van der Waals surface area contributed by atoms with Crippen LogP contribution in [0, 0.1) is 12.3 Å². The van der Waals surface area contributed by atoms with Gasteiger partial charge in [0.25, 0.3) is 0 Å². The van der Waals surface area contributed by atoms with Crippen molar-refractivity contribution in [1.29, 1.82) is 0 Å². The maximum atomic E-state index is 11.3. The molecule has 3 nitrogen and oxygen atoms in total. The summed E-state index contributed by atoms with van der Waals surface area (Å²) in [6.45, 7) is 5.29. The molecule has 0 saturated heterocycles. The number of hydrogen-bond acceptors (Lipinski definition) is 2. The molecule has 74 valence electrons. The van der Waals surface area contributed by atoms with Crippen LogP contribution in [0.2, 0.25) is 0 Å². The predicted molar refractivity (Wildman–Crippen MR) is 54.2 cm³/mol. The fourth-order valence-corrected chi connectivity index (χ4v) is 0.855. The van der Waals surface area contributed by atoms with Crippen molar-refractivity contribution in [3.63, 3.8) is 0 Å². The maximum Gasteiger partial charge on any atom is 0.236 e. The summed E-state index contributed by atoms with van der Waals surface area (Å²) in [5.41, 5.74) is 0. The van der Waals surface area contributed by atoms with Gasteiger partial charge < -0.3 is 10.6 Å². The third-order valence-corrected chi connectivity index (χ3v) is 1.66. The van der Waals surface area contributed by atoms with Crippen LogP contribution in [0.1, 0.15) is 26.7 Å². The molecule has 0 aromatic heterocycles. The average Bonchev–Trinajstić information content (AvgIpc) is 2.14. The molecule has 0 heterocycles. The molecule has 0 aliphatic carbocycles. The van der Waals surface area contributed by atoms with Gasteiger partial charge in [-0.15, -0.1) is 12.3 Å². The van der Waals surface area contributed by atoms with E-state index in [2.05, 4.69) is 16.6 Å². The molecule has 1 atom stereocenters. The first kappa shape index (κ1) is 12.0. The molecule has 3 heteroatoms. The minimum Gasteiger partial charge on any atom is -0.355 e. The van der Waals surface area contributed by atoms with Gasteiger partial charge in [0, 0.05) is 19.5 Å². The monoisotopic (exact) mass is 182 g/mol. The Labute approximate surface area is 80.3 Å². The lowest BCUT2D eigenvalue weighted by atomic mass is 10.3. The van der Waals surface area contributed by atoms with Crippen molar-refractivity contribution < 1.29 is 4.79 Å². The first-order valence-corrected chi connectivity index (χ1v) is 4.67. The minimum atomic E-state index is -0.153. The third-order valence-electron chi connectivity index (χ3n) is 1.66. The maximum absolute atomic E-state index is 11.3. The van der Waals surface area contributed by atoms with Crippen molar-refractivity contribution >= 4 is 5.91 Å². The highest BCUT2D eigenvalue weighted by molar-refractivity contribution is 5.81. The molecule has 1 unspecified atom stereocenters. The molecule has 0 aromatic rings. The molecular weight excluding hydrogens is 164 g/mol. The fraction of sp³-hybridized carbons (Fsp3) is 0.700. The van der Waals surface area contributed by atoms with E-state index in [9.17, 15) is 4.79 Å². The Hall–Kier alpha value is -1.01. The zero-order valence-electron chi connectivity index (χ0n) is 8.39. The number of carbonyl (C=O) groups is 1. The molecule has 0 fully saturated rings. The Morgan fingerprint density at radius 3 is 2.77 bits per heavy atom. The lowest BCUT2D eigenvalue weighted by molar-refractivity contribution is -0.122. The van der Waals surface area contributed by atoms with Crippen molar-refractivity contribution in [2.75, 3.05) is 13.1 Å². The summed E-state index contributed by atoms with van der Waals surface area (Å²) in [4.78, 5) is 11.3. The molecule has 0 aliphatic rings. The summed E-state index contributed by atoms with van der Waals surface area (Å²) in [7, 11) is 0. The van der Waals surface area contributed by atoms with Gasteiger partial charge in [0.05, 0.1) is 6.04 Å². The van der Waals surface area contributed by atoms with Crippen molar-refractivity contribution in [2.45, 2.75) is 32.7 Å². The van der Waals surface area contributed by atoms with E-state index in [4.69, 9.17) is 6.42 Å². The molecule has 0 spiro atoms. The molecule has 0 aliphatic heterocycles. The zero-order chi connectivity index (χ0) is 10.1. The highest BCUT2D eigenvalue weighted by Crippen LogP contribution is 1.83. The topological polar surface area (TPSA) is 41.1 Å². The SMILES string of the molecule is C#CCCNC(C)C(=O)NCCC. The van der Waals surface area contributed by atoms with Crippen LogP contribution in [0.25, 0.3) is 0 Å². The smallest absolute Gasteiger partial charge is 0.236 e. The van der Waals surface area contributed by atoms with Crippen LogP contribution in [0.15, 0.2) is 0 Å². The van der Waals surface area contributed by atoms with Gasteiger partial charge >= 0.3 is 0 Å². The van der Waals surface area contributed by atoms with Gasteiger partial charge in [0.2, 0.25) is 5.91 Å². The standard InChI is InChI=1S/C10H18N2O/c1-4-6-8-11-9(3)10(13)12-7-5-2/h1,9,11H,5-8H2,2-3H3,(H,12,13). The first-order valence-electron chi connectivity index (χ1n) is 4.67. The highest BCUT2D eigenvalue weighted by Gasteiger charge is 2.09. The van der Waals surface area contributed by atoms with E-state index in [1.54, 1.807) is 0 Å². The Bertz CT molecular complexity index is 184. The summed E-state index contributed by atoms with van der Waals surface area (Å²) in [5, 5.41) is 5.84. The largest absolute Gasteiger partial charge is 0.355 e. The van der Waals surface area contributed by atoms with E-state index in [0.717, 1.165) is 13.0 Å². The van der Waals surface area contributed by atoms with Crippen molar-refractivity contribution in [3.05, 3.63) is 0 Å². The zero-order valence-corrected chi connectivity index (χ0v) is 8.39. The number of hydrogen-bond donors (Lipinski definition) is 2. The average molecular weight is 182 g/mol. The Morgan fingerprint density at radius 2 is 2.23 bits per heavy atom. The van der Waals surface area contributed by atoms with Crippen molar-refractivity contribution in [1.82, 2.24) is 10.6 Å². The summed E-state index contributed by atoms with van der Waals surface area (Å²) in [5.74, 6) is 2.55. The van der Waals surface area contributed by atoms with Crippen LogP contribution in [0.5, 0.6) is 0 Å². The summed E-state index contributed by atoms with van der Waals surface area (Å²) < 4.78 is 0. The van der Waals surface area contributed by atoms with Gasteiger partial charge in [-0.25, -0.2) is 0 Å². The van der Waals surface area contributed by atoms with Crippen LogP contribution in [-0.2, 0) is 4.79 Å². The summed E-state index contributed by atoms with van der Waals surface area (Å²) in [6.07, 6.45) is 6.70. The quantitative estimate of drug-likeness (QED) is 0.464. The molecule has 0 rings (SSSR count). The van der Waals surface area contributed by atoms with Crippen LogP contribution in [0.3, 0.4) is 0 Å². The molecule has 0 radical (unpaired) electrons. The normalized spacial score (nSPS) is 11.8. The molecule has 13 heavy (non-hydrogen) atoms. The van der Waals surface area contributed by atoms with E-state index < -0.39 is 0 Å².